The quantitative estimate of drug-likeness (QED) is 0.301. The van der Waals surface area contributed by atoms with Crippen molar-refractivity contribution in [2.75, 3.05) is 6.61 Å². The number of carbonyl (C=O) groups is 1. The maximum atomic E-state index is 11.9. The van der Waals surface area contributed by atoms with Crippen LogP contribution < -0.4 is 4.74 Å². The molecule has 1 heterocycles. The largest absolute Gasteiger partial charge is 0.508 e. The average molecular weight is 436 g/mol. The van der Waals surface area contributed by atoms with Crippen LogP contribution in [0.4, 0.5) is 0 Å². The molecule has 2 aromatic carbocycles. The summed E-state index contributed by atoms with van der Waals surface area (Å²) >= 11 is 0. The topological polar surface area (TPSA) is 177 Å². The summed E-state index contributed by atoms with van der Waals surface area (Å²) in [7, 11) is 0. The molecule has 0 saturated carbocycles. The van der Waals surface area contributed by atoms with Crippen LogP contribution in [0.3, 0.4) is 0 Å². The van der Waals surface area contributed by atoms with Gasteiger partial charge in [0.15, 0.2) is 0 Å². The van der Waals surface area contributed by atoms with Crippen molar-refractivity contribution in [1.82, 2.24) is 0 Å². The lowest BCUT2D eigenvalue weighted by atomic mass is 9.96. The standard InChI is InChI=1S/C21H24O10/c22-9-15-17(25)18(26)19(27)21(31-15)30-14-3-1-2-11(16(14)20(28)29)8-13(24)10-4-6-12(23)7-5-10/h1-7,13,15,17-19,21-27H,8-9H2,(H,28,29). The van der Waals surface area contributed by atoms with E-state index in [1.165, 1.54) is 42.5 Å². The highest BCUT2D eigenvalue weighted by Crippen LogP contribution is 2.31. The SMILES string of the molecule is O=C(O)c1c(CC(O)c2ccc(O)cc2)cccc1OC1OC(CO)C(O)C(O)C1O. The van der Waals surface area contributed by atoms with E-state index in [0.717, 1.165) is 0 Å². The molecule has 7 N–H and O–H groups in total. The van der Waals surface area contributed by atoms with Crippen molar-refractivity contribution in [2.45, 2.75) is 43.2 Å². The van der Waals surface area contributed by atoms with Gasteiger partial charge in [-0.15, -0.1) is 0 Å². The van der Waals surface area contributed by atoms with Crippen molar-refractivity contribution in [3.63, 3.8) is 0 Å². The Kier molecular flexibility index (Phi) is 7.11. The summed E-state index contributed by atoms with van der Waals surface area (Å²) in [6.07, 6.45) is -8.87. The molecule has 0 spiro atoms. The Bertz CT molecular complexity index is 898. The van der Waals surface area contributed by atoms with E-state index >= 15 is 0 Å². The monoisotopic (exact) mass is 436 g/mol. The third-order valence-corrected chi connectivity index (χ3v) is 5.11. The summed E-state index contributed by atoms with van der Waals surface area (Å²) in [4.78, 5) is 11.9. The van der Waals surface area contributed by atoms with Gasteiger partial charge in [0.25, 0.3) is 0 Å². The molecule has 3 rings (SSSR count). The third kappa shape index (κ3) is 4.96. The Morgan fingerprint density at radius 3 is 2.32 bits per heavy atom. The fourth-order valence-corrected chi connectivity index (χ4v) is 3.40. The first-order valence-corrected chi connectivity index (χ1v) is 9.52. The van der Waals surface area contributed by atoms with Gasteiger partial charge in [0, 0.05) is 6.42 Å². The average Bonchev–Trinajstić information content (AvgIpc) is 2.74. The molecular formula is C21H24O10. The molecule has 2 aromatic rings. The first-order chi connectivity index (χ1) is 14.7. The van der Waals surface area contributed by atoms with Gasteiger partial charge in [-0.2, -0.15) is 0 Å². The normalized spacial score (nSPS) is 26.9. The molecule has 168 valence electrons. The molecule has 10 heteroatoms. The number of rotatable bonds is 7. The number of hydrogen-bond acceptors (Lipinski definition) is 9. The van der Waals surface area contributed by atoms with E-state index in [4.69, 9.17) is 9.47 Å². The summed E-state index contributed by atoms with van der Waals surface area (Å²) in [5.74, 6) is -1.52. The number of phenols is 1. The van der Waals surface area contributed by atoms with Crippen LogP contribution in [0.15, 0.2) is 42.5 Å². The summed E-state index contributed by atoms with van der Waals surface area (Å²) < 4.78 is 10.8. The number of benzene rings is 2. The molecule has 0 radical (unpaired) electrons. The second-order valence-electron chi connectivity index (χ2n) is 7.22. The molecule has 1 aliphatic heterocycles. The van der Waals surface area contributed by atoms with E-state index in [0.29, 0.717) is 5.56 Å². The summed E-state index contributed by atoms with van der Waals surface area (Å²) in [5.41, 5.74) is 0.418. The Labute approximate surface area is 177 Å². The van der Waals surface area contributed by atoms with Crippen molar-refractivity contribution in [3.8, 4) is 11.5 Å². The number of aromatic carboxylic acids is 1. The van der Waals surface area contributed by atoms with E-state index in [9.17, 15) is 40.5 Å². The van der Waals surface area contributed by atoms with Gasteiger partial charge in [-0.25, -0.2) is 4.79 Å². The molecule has 10 nitrogen and oxygen atoms in total. The van der Waals surface area contributed by atoms with Crippen LogP contribution in [0.5, 0.6) is 11.5 Å². The highest BCUT2D eigenvalue weighted by atomic mass is 16.7. The number of ether oxygens (including phenoxy) is 2. The second kappa shape index (κ2) is 9.60. The minimum absolute atomic E-state index is 0.0251. The molecule has 0 aromatic heterocycles. The van der Waals surface area contributed by atoms with Gasteiger partial charge in [0.2, 0.25) is 6.29 Å². The zero-order valence-corrected chi connectivity index (χ0v) is 16.3. The molecule has 1 aliphatic rings. The molecule has 1 fully saturated rings. The molecule has 6 unspecified atom stereocenters. The van der Waals surface area contributed by atoms with E-state index in [1.807, 2.05) is 0 Å². The van der Waals surface area contributed by atoms with Crippen LogP contribution in [0.2, 0.25) is 0 Å². The fourth-order valence-electron chi connectivity index (χ4n) is 3.40. The van der Waals surface area contributed by atoms with Gasteiger partial charge in [0.05, 0.1) is 12.7 Å². The van der Waals surface area contributed by atoms with Crippen molar-refractivity contribution in [3.05, 3.63) is 59.2 Å². The molecule has 0 bridgehead atoms. The van der Waals surface area contributed by atoms with Crippen molar-refractivity contribution in [2.24, 2.45) is 0 Å². The summed E-state index contributed by atoms with van der Waals surface area (Å²) in [6, 6.07) is 10.1. The highest BCUT2D eigenvalue weighted by Gasteiger charge is 2.45. The first-order valence-electron chi connectivity index (χ1n) is 9.52. The number of carboxylic acid groups (broad SMARTS) is 1. The predicted molar refractivity (Wildman–Crippen MR) is 105 cm³/mol. The zero-order chi connectivity index (χ0) is 22.7. The molecule has 0 amide bonds. The van der Waals surface area contributed by atoms with Gasteiger partial charge >= 0.3 is 5.97 Å². The molecule has 6 atom stereocenters. The Balaban J connectivity index is 1.86. The smallest absolute Gasteiger partial charge is 0.339 e. The van der Waals surface area contributed by atoms with E-state index in [-0.39, 0.29) is 29.0 Å². The van der Waals surface area contributed by atoms with Crippen LogP contribution in [-0.4, -0.2) is 79.0 Å². The van der Waals surface area contributed by atoms with Gasteiger partial charge in [-0.1, -0.05) is 24.3 Å². The number of phenolic OH excluding ortho intramolecular Hbond substituents is 1. The minimum Gasteiger partial charge on any atom is -0.508 e. The van der Waals surface area contributed by atoms with E-state index in [1.54, 1.807) is 0 Å². The minimum atomic E-state index is -1.70. The van der Waals surface area contributed by atoms with Crippen LogP contribution in [0.25, 0.3) is 0 Å². The van der Waals surface area contributed by atoms with Crippen molar-refractivity contribution in [1.29, 1.82) is 0 Å². The number of hydrogen-bond donors (Lipinski definition) is 7. The Hall–Kier alpha value is -2.73. The lowest BCUT2D eigenvalue weighted by Gasteiger charge is -2.39. The molecule has 31 heavy (non-hydrogen) atoms. The molecule has 0 aliphatic carbocycles. The van der Waals surface area contributed by atoms with E-state index < -0.39 is 49.4 Å². The Morgan fingerprint density at radius 1 is 1.03 bits per heavy atom. The number of aliphatic hydroxyl groups is 5. The van der Waals surface area contributed by atoms with E-state index in [2.05, 4.69) is 0 Å². The predicted octanol–water partition coefficient (Wildman–Crippen LogP) is -0.455. The zero-order valence-electron chi connectivity index (χ0n) is 16.3. The lowest BCUT2D eigenvalue weighted by Crippen LogP contribution is -2.60. The van der Waals surface area contributed by atoms with Gasteiger partial charge in [-0.3, -0.25) is 0 Å². The molecule has 1 saturated heterocycles. The van der Waals surface area contributed by atoms with Crippen LogP contribution in [-0.2, 0) is 11.2 Å². The highest BCUT2D eigenvalue weighted by molar-refractivity contribution is 5.92. The van der Waals surface area contributed by atoms with Crippen molar-refractivity contribution < 1.29 is 50.0 Å². The fraction of sp³-hybridized carbons (Fsp3) is 0.381. The van der Waals surface area contributed by atoms with Gasteiger partial charge in [-0.05, 0) is 29.3 Å². The first kappa shape index (κ1) is 22.9. The third-order valence-electron chi connectivity index (χ3n) is 5.11. The number of aromatic hydroxyl groups is 1. The maximum Gasteiger partial charge on any atom is 0.339 e. The summed E-state index contributed by atoms with van der Waals surface area (Å²) in [5, 5.41) is 68.8. The second-order valence-corrected chi connectivity index (χ2v) is 7.22. The lowest BCUT2D eigenvalue weighted by molar-refractivity contribution is -0.277. The number of aliphatic hydroxyl groups excluding tert-OH is 5. The van der Waals surface area contributed by atoms with Crippen LogP contribution >= 0.6 is 0 Å². The molecular weight excluding hydrogens is 412 g/mol. The van der Waals surface area contributed by atoms with Gasteiger partial charge in [0.1, 0.15) is 41.5 Å². The number of carboxylic acids is 1. The maximum absolute atomic E-state index is 11.9. The van der Waals surface area contributed by atoms with Crippen LogP contribution in [0, 0.1) is 0 Å². The Morgan fingerprint density at radius 2 is 1.71 bits per heavy atom. The van der Waals surface area contributed by atoms with Crippen LogP contribution in [0.1, 0.15) is 27.6 Å². The summed E-state index contributed by atoms with van der Waals surface area (Å²) in [6.45, 7) is -0.657. The van der Waals surface area contributed by atoms with Crippen molar-refractivity contribution >= 4 is 5.97 Å². The van der Waals surface area contributed by atoms with Gasteiger partial charge < -0.3 is 45.2 Å².